The molecule has 1 amide bonds. The molecule has 0 aromatic heterocycles. The maximum absolute atomic E-state index is 11.7. The number of carbonyl (C=O) groups excluding carboxylic acids is 1. The first kappa shape index (κ1) is 21.7. The van der Waals surface area contributed by atoms with Crippen molar-refractivity contribution in [3.63, 3.8) is 0 Å². The monoisotopic (exact) mass is 353 g/mol. The summed E-state index contributed by atoms with van der Waals surface area (Å²) in [5.41, 5.74) is 0. The van der Waals surface area contributed by atoms with E-state index in [2.05, 4.69) is 60.5 Å². The van der Waals surface area contributed by atoms with Crippen molar-refractivity contribution in [3.05, 3.63) is 0 Å². The molecule has 0 atom stereocenters. The van der Waals surface area contributed by atoms with E-state index in [0.717, 1.165) is 51.3 Å². The van der Waals surface area contributed by atoms with Crippen LogP contribution < -0.4 is 16.0 Å². The summed E-state index contributed by atoms with van der Waals surface area (Å²) < 4.78 is 0. The molecule has 0 saturated heterocycles. The van der Waals surface area contributed by atoms with Crippen molar-refractivity contribution < 1.29 is 4.79 Å². The summed E-state index contributed by atoms with van der Waals surface area (Å²) in [6.07, 6.45) is 4.73. The zero-order valence-corrected chi connectivity index (χ0v) is 16.9. The first-order chi connectivity index (χ1) is 11.9. The summed E-state index contributed by atoms with van der Waals surface area (Å²) in [5, 5.41) is 9.68. The number of hydrogen-bond donors (Lipinski definition) is 3. The van der Waals surface area contributed by atoms with Crippen LogP contribution >= 0.6 is 0 Å². The molecule has 25 heavy (non-hydrogen) atoms. The third kappa shape index (κ3) is 10.3. The van der Waals surface area contributed by atoms with Crippen molar-refractivity contribution >= 4 is 11.9 Å². The van der Waals surface area contributed by atoms with Crippen molar-refractivity contribution in [1.29, 1.82) is 0 Å². The maximum atomic E-state index is 11.7. The molecule has 3 N–H and O–H groups in total. The summed E-state index contributed by atoms with van der Waals surface area (Å²) in [7, 11) is 0. The minimum atomic E-state index is 0.165. The highest BCUT2D eigenvalue weighted by Gasteiger charge is 2.22. The average molecular weight is 354 g/mol. The highest BCUT2D eigenvalue weighted by atomic mass is 16.1. The Hall–Kier alpha value is -1.30. The van der Waals surface area contributed by atoms with E-state index >= 15 is 0 Å². The molecule has 0 unspecified atom stereocenters. The van der Waals surface area contributed by atoms with Gasteiger partial charge in [0.15, 0.2) is 5.96 Å². The van der Waals surface area contributed by atoms with E-state index in [-0.39, 0.29) is 5.91 Å². The van der Waals surface area contributed by atoms with Crippen LogP contribution in [0.1, 0.15) is 66.7 Å². The lowest BCUT2D eigenvalue weighted by Gasteiger charge is -2.30. The van der Waals surface area contributed by atoms with Gasteiger partial charge in [-0.25, -0.2) is 0 Å². The molecule has 1 saturated carbocycles. The fourth-order valence-corrected chi connectivity index (χ4v) is 2.88. The van der Waals surface area contributed by atoms with Crippen LogP contribution in [0, 0.1) is 0 Å². The molecule has 0 aromatic carbocycles. The second kappa shape index (κ2) is 12.1. The normalized spacial score (nSPS) is 15.1. The van der Waals surface area contributed by atoms with Gasteiger partial charge in [-0.05, 0) is 60.3 Å². The number of nitrogens with one attached hydrogen (secondary N) is 3. The Morgan fingerprint density at radius 2 is 1.80 bits per heavy atom. The molecule has 146 valence electrons. The molecule has 1 aliphatic rings. The minimum Gasteiger partial charge on any atom is -0.357 e. The molecule has 0 aromatic rings. The van der Waals surface area contributed by atoms with Crippen molar-refractivity contribution in [2.75, 3.05) is 26.2 Å². The summed E-state index contributed by atoms with van der Waals surface area (Å²) in [6.45, 7) is 14.6. The van der Waals surface area contributed by atoms with Crippen molar-refractivity contribution in [2.45, 2.75) is 84.8 Å². The van der Waals surface area contributed by atoms with Gasteiger partial charge in [0.1, 0.15) is 0 Å². The Balaban J connectivity index is 2.21. The van der Waals surface area contributed by atoms with Crippen LogP contribution in [0.5, 0.6) is 0 Å². The topological polar surface area (TPSA) is 68.8 Å². The number of nitrogens with zero attached hydrogens (tertiary/aromatic N) is 2. The summed E-state index contributed by atoms with van der Waals surface area (Å²) in [6, 6.07) is 1.60. The van der Waals surface area contributed by atoms with Crippen LogP contribution in [-0.2, 0) is 4.79 Å². The van der Waals surface area contributed by atoms with Gasteiger partial charge in [-0.3, -0.25) is 14.7 Å². The molecule has 6 heteroatoms. The lowest BCUT2D eigenvalue weighted by Crippen LogP contribution is -2.41. The SMILES string of the molecule is CCNC(=NCCCC(=O)NC1CC1)NCCCN(C(C)C)C(C)C. The first-order valence-electron chi connectivity index (χ1n) is 10.0. The Bertz CT molecular complexity index is 397. The zero-order chi connectivity index (χ0) is 18.7. The highest BCUT2D eigenvalue weighted by molar-refractivity contribution is 5.79. The van der Waals surface area contributed by atoms with E-state index in [1.165, 1.54) is 0 Å². The third-order valence-electron chi connectivity index (χ3n) is 4.33. The van der Waals surface area contributed by atoms with E-state index in [4.69, 9.17) is 0 Å². The summed E-state index contributed by atoms with van der Waals surface area (Å²) >= 11 is 0. The number of rotatable bonds is 12. The van der Waals surface area contributed by atoms with Gasteiger partial charge in [0, 0.05) is 50.7 Å². The molecular weight excluding hydrogens is 314 g/mol. The zero-order valence-electron chi connectivity index (χ0n) is 16.9. The van der Waals surface area contributed by atoms with Crippen molar-refractivity contribution in [3.8, 4) is 0 Å². The van der Waals surface area contributed by atoms with Crippen molar-refractivity contribution in [1.82, 2.24) is 20.9 Å². The van der Waals surface area contributed by atoms with Crippen LogP contribution in [0.25, 0.3) is 0 Å². The number of amides is 1. The Kier molecular flexibility index (Phi) is 10.5. The Labute approximate surface area is 154 Å². The van der Waals surface area contributed by atoms with Gasteiger partial charge in [-0.15, -0.1) is 0 Å². The third-order valence-corrected chi connectivity index (χ3v) is 4.33. The Morgan fingerprint density at radius 1 is 1.12 bits per heavy atom. The molecule has 0 radical (unpaired) electrons. The standard InChI is InChI=1S/C19H39N5O/c1-6-20-19(21-12-7-9-18(25)23-17-10-11-17)22-13-8-14-24(15(2)3)16(4)5/h15-17H,6-14H2,1-5H3,(H,23,25)(H2,20,21,22). The molecule has 6 nitrogen and oxygen atoms in total. The predicted octanol–water partition coefficient (Wildman–Crippen LogP) is 2.11. The van der Waals surface area contributed by atoms with Crippen molar-refractivity contribution in [2.24, 2.45) is 4.99 Å². The summed E-state index contributed by atoms with van der Waals surface area (Å²) in [4.78, 5) is 18.7. The van der Waals surface area contributed by atoms with E-state index < -0.39 is 0 Å². The van der Waals surface area contributed by atoms with E-state index in [1.807, 2.05) is 0 Å². The van der Waals surface area contributed by atoms with Gasteiger partial charge in [0.25, 0.3) is 0 Å². The average Bonchev–Trinajstić information content (AvgIpc) is 3.34. The van der Waals surface area contributed by atoms with Gasteiger partial charge < -0.3 is 16.0 Å². The van der Waals surface area contributed by atoms with Gasteiger partial charge in [0.05, 0.1) is 0 Å². The quantitative estimate of drug-likeness (QED) is 0.286. The van der Waals surface area contributed by atoms with Crippen LogP contribution in [0.2, 0.25) is 0 Å². The van der Waals surface area contributed by atoms with Crippen LogP contribution in [-0.4, -0.2) is 61.1 Å². The van der Waals surface area contributed by atoms with Crippen LogP contribution in [0.15, 0.2) is 4.99 Å². The number of aliphatic imine (C=N–C) groups is 1. The first-order valence-corrected chi connectivity index (χ1v) is 10.0. The molecule has 0 heterocycles. The van der Waals surface area contributed by atoms with Gasteiger partial charge in [0.2, 0.25) is 5.91 Å². The van der Waals surface area contributed by atoms with Gasteiger partial charge in [-0.2, -0.15) is 0 Å². The number of carbonyl (C=O) groups is 1. The second-order valence-electron chi connectivity index (χ2n) is 7.41. The second-order valence-corrected chi connectivity index (χ2v) is 7.41. The molecule has 0 spiro atoms. The highest BCUT2D eigenvalue weighted by Crippen LogP contribution is 2.18. The fraction of sp³-hybridized carbons (Fsp3) is 0.895. The van der Waals surface area contributed by atoms with Gasteiger partial charge >= 0.3 is 0 Å². The van der Waals surface area contributed by atoms with Gasteiger partial charge in [-0.1, -0.05) is 0 Å². The maximum Gasteiger partial charge on any atom is 0.220 e. The van der Waals surface area contributed by atoms with Crippen LogP contribution in [0.3, 0.4) is 0 Å². The van der Waals surface area contributed by atoms with E-state index in [9.17, 15) is 4.79 Å². The smallest absolute Gasteiger partial charge is 0.220 e. The largest absolute Gasteiger partial charge is 0.357 e. The lowest BCUT2D eigenvalue weighted by atomic mass is 10.2. The minimum absolute atomic E-state index is 0.165. The lowest BCUT2D eigenvalue weighted by molar-refractivity contribution is -0.121. The molecule has 0 bridgehead atoms. The number of hydrogen-bond acceptors (Lipinski definition) is 3. The molecule has 0 aliphatic heterocycles. The molecule has 1 aliphatic carbocycles. The predicted molar refractivity (Wildman–Crippen MR) is 106 cm³/mol. The summed E-state index contributed by atoms with van der Waals surface area (Å²) in [5.74, 6) is 1.02. The number of guanidine groups is 1. The Morgan fingerprint density at radius 3 is 2.36 bits per heavy atom. The van der Waals surface area contributed by atoms with E-state index in [0.29, 0.717) is 31.1 Å². The van der Waals surface area contributed by atoms with E-state index in [1.54, 1.807) is 0 Å². The fourth-order valence-electron chi connectivity index (χ4n) is 2.88. The van der Waals surface area contributed by atoms with Crippen LogP contribution in [0.4, 0.5) is 0 Å². The molecule has 1 fully saturated rings. The molecular formula is C19H39N5O. The molecule has 1 rings (SSSR count).